The minimum absolute atomic E-state index is 0.0657. The fraction of sp³-hybridized carbons (Fsp3) is 0.294. The molecule has 3 aromatic rings. The molecule has 1 aliphatic heterocycles. The molecule has 1 N–H and O–H groups in total. The number of fused-ring (bicyclic) bond motifs is 1. The first-order chi connectivity index (χ1) is 12.0. The molecule has 0 radical (unpaired) electrons. The molecule has 3 heterocycles. The monoisotopic (exact) mass is 392 g/mol. The first-order valence-electron chi connectivity index (χ1n) is 7.97. The van der Waals surface area contributed by atoms with E-state index in [0.717, 1.165) is 20.1 Å². The van der Waals surface area contributed by atoms with Gasteiger partial charge >= 0.3 is 0 Å². The van der Waals surface area contributed by atoms with E-state index in [9.17, 15) is 13.2 Å². The molecule has 0 aliphatic carbocycles. The molecule has 0 spiro atoms. The number of sulfone groups is 1. The predicted octanol–water partition coefficient (Wildman–Crippen LogP) is 3.33. The van der Waals surface area contributed by atoms with Gasteiger partial charge in [0.15, 0.2) is 0 Å². The van der Waals surface area contributed by atoms with E-state index in [-0.39, 0.29) is 23.5 Å². The largest absolute Gasteiger partial charge is 0.349 e. The lowest BCUT2D eigenvalue weighted by Crippen LogP contribution is -2.40. The Morgan fingerprint density at radius 2 is 1.84 bits per heavy atom. The molecule has 0 saturated carbocycles. The van der Waals surface area contributed by atoms with Gasteiger partial charge in [-0.15, -0.1) is 22.7 Å². The molecular weight excluding hydrogens is 376 g/mol. The maximum absolute atomic E-state index is 12.4. The average Bonchev–Trinajstić information content (AvgIpc) is 3.23. The number of para-hydroxylation sites is 1. The maximum Gasteiger partial charge on any atom is 0.261 e. The second kappa shape index (κ2) is 6.51. The molecule has 1 aromatic carbocycles. The second-order valence-corrected chi connectivity index (χ2v) is 10.5. The van der Waals surface area contributed by atoms with Crippen LogP contribution in [0.3, 0.4) is 0 Å². The Labute approximate surface area is 153 Å². The van der Waals surface area contributed by atoms with E-state index in [4.69, 9.17) is 0 Å². The van der Waals surface area contributed by atoms with Crippen LogP contribution >= 0.6 is 22.7 Å². The summed E-state index contributed by atoms with van der Waals surface area (Å²) in [5.74, 6) is 0.167. The van der Waals surface area contributed by atoms with Crippen molar-refractivity contribution >= 4 is 48.6 Å². The minimum Gasteiger partial charge on any atom is -0.349 e. The molecular formula is C17H16N2O3S3. The van der Waals surface area contributed by atoms with Crippen molar-refractivity contribution < 1.29 is 13.2 Å². The van der Waals surface area contributed by atoms with E-state index >= 15 is 0 Å². The number of amides is 1. The lowest BCUT2D eigenvalue weighted by Gasteiger charge is -2.22. The fourth-order valence-electron chi connectivity index (χ4n) is 2.84. The van der Waals surface area contributed by atoms with Crippen molar-refractivity contribution in [3.63, 3.8) is 0 Å². The summed E-state index contributed by atoms with van der Waals surface area (Å²) in [7, 11) is -2.92. The number of aromatic nitrogens is 1. The molecule has 2 aromatic heterocycles. The van der Waals surface area contributed by atoms with Crippen LogP contribution in [-0.2, 0) is 9.84 Å². The van der Waals surface area contributed by atoms with Gasteiger partial charge in [0.1, 0.15) is 14.8 Å². The highest BCUT2D eigenvalue weighted by Crippen LogP contribution is 2.34. The lowest BCUT2D eigenvalue weighted by molar-refractivity contribution is 0.0938. The summed E-state index contributed by atoms with van der Waals surface area (Å²) in [4.78, 5) is 18.6. The van der Waals surface area contributed by atoms with E-state index in [1.807, 2.05) is 30.3 Å². The summed E-state index contributed by atoms with van der Waals surface area (Å²) in [5, 5.41) is 3.87. The van der Waals surface area contributed by atoms with Gasteiger partial charge in [0, 0.05) is 6.04 Å². The molecule has 1 saturated heterocycles. The minimum atomic E-state index is -2.92. The SMILES string of the molecule is O=C(NC1CCS(=O)(=O)CC1)c1ccc(-c2nc3ccccc3s2)s1. The smallest absolute Gasteiger partial charge is 0.261 e. The van der Waals surface area contributed by atoms with Crippen molar-refractivity contribution in [1.82, 2.24) is 10.3 Å². The molecule has 1 amide bonds. The standard InChI is InChI=1S/C17H16N2O3S3/c20-16(18-11-7-9-25(21,22)10-8-11)14-5-6-15(23-14)17-19-12-3-1-2-4-13(12)24-17/h1-6,11H,7-10H2,(H,18,20). The average molecular weight is 393 g/mol. The fourth-order valence-corrected chi connectivity index (χ4v) is 6.26. The van der Waals surface area contributed by atoms with Gasteiger partial charge in [-0.1, -0.05) is 12.1 Å². The Hall–Kier alpha value is -1.77. The lowest BCUT2D eigenvalue weighted by atomic mass is 10.1. The van der Waals surface area contributed by atoms with Crippen LogP contribution in [0.5, 0.6) is 0 Å². The van der Waals surface area contributed by atoms with Crippen molar-refractivity contribution in [2.45, 2.75) is 18.9 Å². The first kappa shape index (κ1) is 16.7. The third kappa shape index (κ3) is 3.61. The van der Waals surface area contributed by atoms with Crippen molar-refractivity contribution in [2.24, 2.45) is 0 Å². The Kier molecular flexibility index (Phi) is 4.35. The van der Waals surface area contributed by atoms with Gasteiger partial charge in [-0.3, -0.25) is 4.79 Å². The quantitative estimate of drug-likeness (QED) is 0.742. The molecule has 1 aliphatic rings. The molecule has 0 atom stereocenters. The Balaban J connectivity index is 1.48. The molecule has 5 nitrogen and oxygen atoms in total. The normalized spacial score (nSPS) is 17.6. The number of thiophene rings is 1. The first-order valence-corrected chi connectivity index (χ1v) is 11.4. The number of thiazole rings is 1. The van der Waals surface area contributed by atoms with E-state index in [2.05, 4.69) is 10.3 Å². The number of benzene rings is 1. The zero-order valence-electron chi connectivity index (χ0n) is 13.3. The van der Waals surface area contributed by atoms with E-state index in [0.29, 0.717) is 17.7 Å². The van der Waals surface area contributed by atoms with Gasteiger partial charge in [0.25, 0.3) is 5.91 Å². The number of hydrogen-bond donors (Lipinski definition) is 1. The van der Waals surface area contributed by atoms with Crippen molar-refractivity contribution in [3.05, 3.63) is 41.3 Å². The molecule has 0 bridgehead atoms. The van der Waals surface area contributed by atoms with Gasteiger partial charge in [-0.05, 0) is 37.1 Å². The Morgan fingerprint density at radius 1 is 1.08 bits per heavy atom. The van der Waals surface area contributed by atoms with E-state index in [1.165, 1.54) is 11.3 Å². The predicted molar refractivity (Wildman–Crippen MR) is 102 cm³/mol. The van der Waals surface area contributed by atoms with Gasteiger partial charge in [-0.25, -0.2) is 13.4 Å². The number of rotatable bonds is 3. The van der Waals surface area contributed by atoms with Crippen LogP contribution in [0.15, 0.2) is 36.4 Å². The molecule has 4 rings (SSSR count). The van der Waals surface area contributed by atoms with Gasteiger partial charge < -0.3 is 5.32 Å². The second-order valence-electron chi connectivity index (χ2n) is 6.05. The third-order valence-corrected chi connectivity index (χ3v) is 8.23. The summed E-state index contributed by atoms with van der Waals surface area (Å²) in [5.41, 5.74) is 0.963. The highest BCUT2D eigenvalue weighted by Gasteiger charge is 2.25. The highest BCUT2D eigenvalue weighted by molar-refractivity contribution is 7.91. The Morgan fingerprint density at radius 3 is 2.60 bits per heavy atom. The van der Waals surface area contributed by atoms with Crippen LogP contribution in [0.4, 0.5) is 0 Å². The summed E-state index contributed by atoms with van der Waals surface area (Å²) in [6, 6.07) is 11.6. The topological polar surface area (TPSA) is 76.1 Å². The summed E-state index contributed by atoms with van der Waals surface area (Å²) in [6.45, 7) is 0. The molecule has 25 heavy (non-hydrogen) atoms. The van der Waals surface area contributed by atoms with Crippen LogP contribution in [0.2, 0.25) is 0 Å². The summed E-state index contributed by atoms with van der Waals surface area (Å²) in [6.07, 6.45) is 0.981. The van der Waals surface area contributed by atoms with Crippen molar-refractivity contribution in [2.75, 3.05) is 11.5 Å². The van der Waals surface area contributed by atoms with Crippen LogP contribution in [0.25, 0.3) is 20.1 Å². The summed E-state index contributed by atoms with van der Waals surface area (Å²) < 4.78 is 24.1. The highest BCUT2D eigenvalue weighted by atomic mass is 32.2. The number of hydrogen-bond acceptors (Lipinski definition) is 6. The third-order valence-electron chi connectivity index (χ3n) is 4.22. The van der Waals surface area contributed by atoms with Gasteiger partial charge in [0.05, 0.1) is 31.5 Å². The maximum atomic E-state index is 12.4. The molecule has 8 heteroatoms. The van der Waals surface area contributed by atoms with Crippen LogP contribution in [0, 0.1) is 0 Å². The Bertz CT molecular complexity index is 989. The van der Waals surface area contributed by atoms with E-state index < -0.39 is 9.84 Å². The molecule has 1 fully saturated rings. The molecule has 0 unspecified atom stereocenters. The molecule has 130 valence electrons. The van der Waals surface area contributed by atoms with Gasteiger partial charge in [0.2, 0.25) is 0 Å². The number of carbonyl (C=O) groups excluding carboxylic acids is 1. The summed E-state index contributed by atoms with van der Waals surface area (Å²) >= 11 is 3.03. The zero-order chi connectivity index (χ0) is 17.4. The van der Waals surface area contributed by atoms with Crippen LogP contribution in [0.1, 0.15) is 22.5 Å². The van der Waals surface area contributed by atoms with Crippen molar-refractivity contribution in [1.29, 1.82) is 0 Å². The van der Waals surface area contributed by atoms with Crippen molar-refractivity contribution in [3.8, 4) is 9.88 Å². The van der Waals surface area contributed by atoms with Crippen LogP contribution < -0.4 is 5.32 Å². The number of nitrogens with zero attached hydrogens (tertiary/aromatic N) is 1. The van der Waals surface area contributed by atoms with Crippen LogP contribution in [-0.4, -0.2) is 36.9 Å². The number of nitrogens with one attached hydrogen (secondary N) is 1. The van der Waals surface area contributed by atoms with E-state index in [1.54, 1.807) is 17.4 Å². The van der Waals surface area contributed by atoms with Gasteiger partial charge in [-0.2, -0.15) is 0 Å². The zero-order valence-corrected chi connectivity index (χ0v) is 15.7. The number of carbonyl (C=O) groups is 1.